The number of aliphatic carboxylic acids is 1. The second kappa shape index (κ2) is 5.30. The van der Waals surface area contributed by atoms with E-state index in [1.807, 2.05) is 31.2 Å². The highest BCUT2D eigenvalue weighted by atomic mass is 16.4. The van der Waals surface area contributed by atoms with Gasteiger partial charge in [0.15, 0.2) is 0 Å². The van der Waals surface area contributed by atoms with Crippen LogP contribution in [0.3, 0.4) is 0 Å². The van der Waals surface area contributed by atoms with Gasteiger partial charge in [0.05, 0.1) is 0 Å². The van der Waals surface area contributed by atoms with Gasteiger partial charge >= 0.3 is 12.1 Å². The fraction of sp³-hybridized carbons (Fsp3) is 0.429. The zero-order chi connectivity index (χ0) is 14.0. The van der Waals surface area contributed by atoms with Gasteiger partial charge in [-0.3, -0.25) is 4.90 Å². The first-order chi connectivity index (χ1) is 9.00. The number of hydrogen-bond donors (Lipinski definition) is 2. The molecule has 0 aromatic heterocycles. The van der Waals surface area contributed by atoms with Crippen LogP contribution in [-0.4, -0.2) is 39.8 Å². The minimum absolute atomic E-state index is 0.275. The van der Waals surface area contributed by atoms with Gasteiger partial charge in [-0.05, 0) is 25.3 Å². The monoisotopic (exact) mass is 263 g/mol. The van der Waals surface area contributed by atoms with Gasteiger partial charge in [-0.15, -0.1) is 0 Å². The highest BCUT2D eigenvalue weighted by molar-refractivity contribution is 5.80. The Kier molecular flexibility index (Phi) is 3.74. The summed E-state index contributed by atoms with van der Waals surface area (Å²) >= 11 is 0. The van der Waals surface area contributed by atoms with Crippen molar-refractivity contribution in [1.29, 1.82) is 0 Å². The van der Waals surface area contributed by atoms with E-state index in [1.54, 1.807) is 0 Å². The van der Waals surface area contributed by atoms with E-state index in [0.29, 0.717) is 12.8 Å². The fourth-order valence-corrected chi connectivity index (χ4v) is 2.68. The maximum absolute atomic E-state index is 11.4. The Morgan fingerprint density at radius 1 is 1.21 bits per heavy atom. The maximum atomic E-state index is 11.4. The molecule has 1 aromatic carbocycles. The van der Waals surface area contributed by atoms with Gasteiger partial charge in [-0.2, -0.15) is 0 Å². The van der Waals surface area contributed by atoms with Crippen molar-refractivity contribution in [2.24, 2.45) is 0 Å². The first-order valence-corrected chi connectivity index (χ1v) is 6.29. The van der Waals surface area contributed by atoms with Gasteiger partial charge in [0.1, 0.15) is 6.04 Å². The molecule has 0 bridgehead atoms. The lowest BCUT2D eigenvalue weighted by Crippen LogP contribution is -2.51. The first kappa shape index (κ1) is 13.4. The first-order valence-electron chi connectivity index (χ1n) is 6.29. The van der Waals surface area contributed by atoms with Crippen molar-refractivity contribution in [3.05, 3.63) is 35.4 Å². The molecule has 0 saturated carbocycles. The molecule has 1 aliphatic heterocycles. The molecular weight excluding hydrogens is 246 g/mol. The molecule has 5 nitrogen and oxygen atoms in total. The Bertz CT molecular complexity index is 483. The van der Waals surface area contributed by atoms with Gasteiger partial charge in [-0.25, -0.2) is 9.59 Å². The molecule has 19 heavy (non-hydrogen) atoms. The fourth-order valence-electron chi connectivity index (χ4n) is 2.68. The Hall–Kier alpha value is -2.04. The third-order valence-electron chi connectivity index (χ3n) is 3.64. The molecular formula is C14H17NO4. The molecule has 1 aromatic rings. The van der Waals surface area contributed by atoms with E-state index in [4.69, 9.17) is 5.11 Å². The maximum Gasteiger partial charge on any atom is 0.408 e. The third kappa shape index (κ3) is 2.70. The average Bonchev–Trinajstić information content (AvgIpc) is 2.38. The average molecular weight is 263 g/mol. The summed E-state index contributed by atoms with van der Waals surface area (Å²) in [6.45, 7) is 2.25. The van der Waals surface area contributed by atoms with Crippen LogP contribution in [0, 0.1) is 6.92 Å². The van der Waals surface area contributed by atoms with Crippen molar-refractivity contribution < 1.29 is 19.8 Å². The molecule has 1 fully saturated rings. The standard InChI is InChI=1S/C14H17NO4/c1-9-4-6-10(7-5-9)11-3-2-8-15(14(18)19)12(11)13(16)17/h4-7,11-12H,2-3,8H2,1H3,(H,16,17)(H,18,19)/t11-,12-/m1/s1. The minimum atomic E-state index is -1.16. The van der Waals surface area contributed by atoms with E-state index in [1.165, 1.54) is 0 Å². The number of piperidine rings is 1. The molecule has 1 aliphatic rings. The van der Waals surface area contributed by atoms with E-state index in [0.717, 1.165) is 16.0 Å². The predicted octanol–water partition coefficient (Wildman–Crippen LogP) is 2.31. The normalized spacial score (nSPS) is 23.1. The number of likely N-dealkylation sites (tertiary alicyclic amines) is 1. The van der Waals surface area contributed by atoms with Crippen molar-refractivity contribution in [2.75, 3.05) is 6.54 Å². The zero-order valence-electron chi connectivity index (χ0n) is 10.7. The lowest BCUT2D eigenvalue weighted by molar-refractivity contribution is -0.144. The molecule has 0 unspecified atom stereocenters. The number of benzene rings is 1. The van der Waals surface area contributed by atoms with Crippen LogP contribution in [-0.2, 0) is 4.79 Å². The van der Waals surface area contributed by atoms with Crippen LogP contribution < -0.4 is 0 Å². The molecule has 102 valence electrons. The number of carboxylic acids is 1. The quantitative estimate of drug-likeness (QED) is 0.858. The summed E-state index contributed by atoms with van der Waals surface area (Å²) in [5.74, 6) is -1.35. The van der Waals surface area contributed by atoms with E-state index >= 15 is 0 Å². The van der Waals surface area contributed by atoms with Crippen molar-refractivity contribution in [3.63, 3.8) is 0 Å². The molecule has 1 saturated heterocycles. The molecule has 1 heterocycles. The van der Waals surface area contributed by atoms with Crippen LogP contribution in [0.25, 0.3) is 0 Å². The Morgan fingerprint density at radius 2 is 1.84 bits per heavy atom. The third-order valence-corrected chi connectivity index (χ3v) is 3.64. The number of amides is 1. The Labute approximate surface area is 111 Å². The number of hydrogen-bond acceptors (Lipinski definition) is 2. The van der Waals surface area contributed by atoms with Gasteiger partial charge in [0.2, 0.25) is 0 Å². The molecule has 2 N–H and O–H groups in total. The van der Waals surface area contributed by atoms with E-state index in [2.05, 4.69) is 0 Å². The molecule has 0 spiro atoms. The zero-order valence-corrected chi connectivity index (χ0v) is 10.7. The van der Waals surface area contributed by atoms with Crippen LogP contribution in [0.2, 0.25) is 0 Å². The number of aryl methyl sites for hydroxylation is 1. The number of rotatable bonds is 2. The van der Waals surface area contributed by atoms with Gasteiger partial charge in [-0.1, -0.05) is 29.8 Å². The van der Waals surface area contributed by atoms with Crippen LogP contribution in [0.4, 0.5) is 4.79 Å². The molecule has 0 aliphatic carbocycles. The van der Waals surface area contributed by atoms with Gasteiger partial charge < -0.3 is 10.2 Å². The van der Waals surface area contributed by atoms with E-state index < -0.39 is 18.1 Å². The van der Waals surface area contributed by atoms with Crippen LogP contribution in [0.5, 0.6) is 0 Å². The Balaban J connectivity index is 2.33. The van der Waals surface area contributed by atoms with Crippen molar-refractivity contribution in [1.82, 2.24) is 4.90 Å². The summed E-state index contributed by atoms with van der Waals surface area (Å²) in [5, 5.41) is 18.5. The topological polar surface area (TPSA) is 77.8 Å². The highest BCUT2D eigenvalue weighted by Crippen LogP contribution is 2.33. The predicted molar refractivity (Wildman–Crippen MR) is 69.3 cm³/mol. The summed E-state index contributed by atoms with van der Waals surface area (Å²) in [4.78, 5) is 23.6. The largest absolute Gasteiger partial charge is 0.480 e. The van der Waals surface area contributed by atoms with Crippen molar-refractivity contribution in [2.45, 2.75) is 31.7 Å². The van der Waals surface area contributed by atoms with Crippen LogP contribution in [0.15, 0.2) is 24.3 Å². The van der Waals surface area contributed by atoms with Crippen molar-refractivity contribution >= 4 is 12.1 Å². The molecule has 5 heteroatoms. The lowest BCUT2D eigenvalue weighted by Gasteiger charge is -2.37. The van der Waals surface area contributed by atoms with Gasteiger partial charge in [0.25, 0.3) is 0 Å². The van der Waals surface area contributed by atoms with E-state index in [-0.39, 0.29) is 12.5 Å². The smallest absolute Gasteiger partial charge is 0.408 e. The summed E-state index contributed by atoms with van der Waals surface area (Å²) in [5.41, 5.74) is 1.99. The van der Waals surface area contributed by atoms with E-state index in [9.17, 15) is 14.7 Å². The molecule has 2 atom stereocenters. The number of carboxylic acid groups (broad SMARTS) is 2. The second-order valence-corrected chi connectivity index (χ2v) is 4.92. The second-order valence-electron chi connectivity index (χ2n) is 4.92. The summed E-state index contributed by atoms with van der Waals surface area (Å²) in [6.07, 6.45) is 0.225. The number of nitrogens with zero attached hydrogens (tertiary/aromatic N) is 1. The molecule has 0 radical (unpaired) electrons. The Morgan fingerprint density at radius 3 is 2.37 bits per heavy atom. The summed E-state index contributed by atoms with van der Waals surface area (Å²) in [7, 11) is 0. The summed E-state index contributed by atoms with van der Waals surface area (Å²) < 4.78 is 0. The molecule has 1 amide bonds. The summed E-state index contributed by atoms with van der Waals surface area (Å²) in [6, 6.07) is 6.64. The minimum Gasteiger partial charge on any atom is -0.480 e. The SMILES string of the molecule is Cc1ccc([C@H]2CCCN(C(=O)O)[C@H]2C(=O)O)cc1. The highest BCUT2D eigenvalue weighted by Gasteiger charge is 2.40. The molecule has 2 rings (SSSR count). The van der Waals surface area contributed by atoms with Crippen LogP contribution >= 0.6 is 0 Å². The van der Waals surface area contributed by atoms with Gasteiger partial charge in [0, 0.05) is 12.5 Å². The van der Waals surface area contributed by atoms with Crippen LogP contribution in [0.1, 0.15) is 29.9 Å². The lowest BCUT2D eigenvalue weighted by atomic mass is 9.83. The van der Waals surface area contributed by atoms with Crippen molar-refractivity contribution in [3.8, 4) is 0 Å². The number of carbonyl (C=O) groups is 2.